The monoisotopic (exact) mass is 525 g/mol. The molecule has 1 unspecified atom stereocenters. The van der Waals surface area contributed by atoms with Crippen LogP contribution >= 0.6 is 0 Å². The number of piperidine rings is 3. The molecular weight excluding hydrogens is 486 g/mol. The lowest BCUT2D eigenvalue weighted by atomic mass is 9.87. The van der Waals surface area contributed by atoms with E-state index in [-0.39, 0.29) is 24.1 Å². The maximum atomic E-state index is 13.1. The van der Waals surface area contributed by atoms with Crippen LogP contribution in [0.3, 0.4) is 0 Å². The highest BCUT2D eigenvalue weighted by atomic mass is 16.6. The van der Waals surface area contributed by atoms with Crippen LogP contribution in [0.25, 0.3) is 11.0 Å². The third-order valence-electron chi connectivity index (χ3n) is 8.27. The van der Waals surface area contributed by atoms with E-state index in [1.807, 2.05) is 31.7 Å². The number of ether oxygens (including phenoxy) is 1. The highest BCUT2D eigenvalue weighted by Crippen LogP contribution is 2.33. The Kier molecular flexibility index (Phi) is 7.11. The minimum atomic E-state index is -0.667. The summed E-state index contributed by atoms with van der Waals surface area (Å²) in [7, 11) is 1.74. The van der Waals surface area contributed by atoms with Crippen LogP contribution in [0.15, 0.2) is 23.0 Å². The molecule has 4 heterocycles. The number of nitrogens with one attached hydrogen (secondary N) is 1. The summed E-state index contributed by atoms with van der Waals surface area (Å²) in [6.45, 7) is 9.17. The third kappa shape index (κ3) is 5.23. The Morgan fingerprint density at radius 3 is 2.26 bits per heavy atom. The fraction of sp³-hybridized carbons (Fsp3) is 0.643. The molecule has 0 spiro atoms. The molecule has 2 aromatic rings. The van der Waals surface area contributed by atoms with Gasteiger partial charge in [-0.15, -0.1) is 0 Å². The zero-order valence-corrected chi connectivity index (χ0v) is 22.9. The Bertz CT molecular complexity index is 1290. The standard InChI is InChI=1S/C28H39N5O5/c1-28(2,3)38-27(37)32-15-11-20(12-16-32)31-13-9-18(10-14-31)19-5-6-21-23(17-19)30(4)26(36)33(21)22-7-8-24(34)29-25(22)35/h5-6,17-18,20,22H,7-16H2,1-4H3,(H,29,34,35). The molecule has 3 saturated heterocycles. The number of aryl methyl sites for hydroxylation is 1. The van der Waals surface area contributed by atoms with Crippen molar-refractivity contribution in [2.75, 3.05) is 26.2 Å². The first-order chi connectivity index (χ1) is 18.0. The van der Waals surface area contributed by atoms with E-state index in [0.717, 1.165) is 62.9 Å². The smallest absolute Gasteiger partial charge is 0.410 e. The summed E-state index contributed by atoms with van der Waals surface area (Å²) in [4.78, 5) is 53.9. The molecule has 1 aromatic heterocycles. The minimum absolute atomic E-state index is 0.217. The Morgan fingerprint density at radius 1 is 0.947 bits per heavy atom. The zero-order valence-electron chi connectivity index (χ0n) is 22.9. The van der Waals surface area contributed by atoms with Gasteiger partial charge in [0.1, 0.15) is 11.6 Å². The predicted molar refractivity (Wildman–Crippen MR) is 143 cm³/mol. The quantitative estimate of drug-likeness (QED) is 0.618. The van der Waals surface area contributed by atoms with Crippen molar-refractivity contribution in [3.8, 4) is 0 Å². The molecule has 3 aliphatic rings. The lowest BCUT2D eigenvalue weighted by Gasteiger charge is -2.42. The number of aromatic nitrogens is 2. The number of hydrogen-bond donors (Lipinski definition) is 1. The van der Waals surface area contributed by atoms with Gasteiger partial charge in [-0.25, -0.2) is 9.59 Å². The van der Waals surface area contributed by atoms with Crippen LogP contribution in [0.5, 0.6) is 0 Å². The average molecular weight is 526 g/mol. The Balaban J connectivity index is 1.22. The van der Waals surface area contributed by atoms with Gasteiger partial charge in [-0.3, -0.25) is 24.0 Å². The summed E-state index contributed by atoms with van der Waals surface area (Å²) in [5.41, 5.74) is 2.05. The number of carbonyl (C=O) groups is 3. The summed E-state index contributed by atoms with van der Waals surface area (Å²) in [6, 6.07) is 5.96. The number of carbonyl (C=O) groups excluding carboxylic acids is 3. The second-order valence-electron chi connectivity index (χ2n) is 11.9. The topological polar surface area (TPSA) is 106 Å². The summed E-state index contributed by atoms with van der Waals surface area (Å²) in [5.74, 6) is -0.294. The summed E-state index contributed by atoms with van der Waals surface area (Å²) >= 11 is 0. The van der Waals surface area contributed by atoms with Gasteiger partial charge in [0.05, 0.1) is 11.0 Å². The first kappa shape index (κ1) is 26.5. The fourth-order valence-electron chi connectivity index (χ4n) is 6.20. The van der Waals surface area contributed by atoms with Crippen molar-refractivity contribution in [1.29, 1.82) is 0 Å². The van der Waals surface area contributed by atoms with Gasteiger partial charge in [0.2, 0.25) is 11.8 Å². The molecule has 0 saturated carbocycles. The van der Waals surface area contributed by atoms with Crippen LogP contribution in [0, 0.1) is 0 Å². The van der Waals surface area contributed by atoms with E-state index < -0.39 is 17.6 Å². The van der Waals surface area contributed by atoms with Crippen molar-refractivity contribution < 1.29 is 19.1 Å². The molecule has 1 atom stereocenters. The second kappa shape index (κ2) is 10.2. The van der Waals surface area contributed by atoms with Crippen molar-refractivity contribution in [1.82, 2.24) is 24.3 Å². The number of fused-ring (bicyclic) bond motifs is 1. The van der Waals surface area contributed by atoms with Crippen molar-refractivity contribution >= 4 is 28.9 Å². The Morgan fingerprint density at radius 2 is 1.63 bits per heavy atom. The van der Waals surface area contributed by atoms with E-state index in [0.29, 0.717) is 18.4 Å². The first-order valence-corrected chi connectivity index (χ1v) is 13.8. The number of benzene rings is 1. The average Bonchev–Trinajstić information content (AvgIpc) is 3.12. The molecule has 10 heteroatoms. The zero-order chi connectivity index (χ0) is 27.2. The van der Waals surface area contributed by atoms with Gasteiger partial charge < -0.3 is 14.5 Å². The van der Waals surface area contributed by atoms with Crippen LogP contribution in [0.4, 0.5) is 4.79 Å². The number of likely N-dealkylation sites (tertiary alicyclic amines) is 2. The predicted octanol–water partition coefficient (Wildman–Crippen LogP) is 2.90. The molecule has 206 valence electrons. The van der Waals surface area contributed by atoms with Crippen molar-refractivity contribution in [2.24, 2.45) is 7.05 Å². The maximum Gasteiger partial charge on any atom is 0.410 e. The second-order valence-corrected chi connectivity index (χ2v) is 11.9. The van der Waals surface area contributed by atoms with Crippen LogP contribution in [-0.4, -0.2) is 74.7 Å². The van der Waals surface area contributed by atoms with Gasteiger partial charge in [0, 0.05) is 32.6 Å². The number of rotatable bonds is 3. The first-order valence-electron chi connectivity index (χ1n) is 13.8. The van der Waals surface area contributed by atoms with Crippen LogP contribution in [0.1, 0.15) is 76.8 Å². The Labute approximate surface area is 222 Å². The van der Waals surface area contributed by atoms with Gasteiger partial charge in [-0.05, 0) is 89.6 Å². The van der Waals surface area contributed by atoms with Gasteiger partial charge in [-0.2, -0.15) is 0 Å². The van der Waals surface area contributed by atoms with E-state index in [1.54, 1.807) is 11.6 Å². The molecule has 0 bridgehead atoms. The van der Waals surface area contributed by atoms with Gasteiger partial charge in [-0.1, -0.05) is 6.07 Å². The molecule has 3 amide bonds. The molecular formula is C28H39N5O5. The van der Waals surface area contributed by atoms with Crippen molar-refractivity contribution in [2.45, 2.75) is 82.9 Å². The SMILES string of the molecule is Cn1c(=O)n(C2CCC(=O)NC2=O)c2ccc(C3CCN(C4CCN(C(=O)OC(C)(C)C)CC4)CC3)cc21. The van der Waals surface area contributed by atoms with Crippen molar-refractivity contribution in [3.63, 3.8) is 0 Å². The molecule has 10 nitrogen and oxygen atoms in total. The number of amides is 3. The normalized spacial score (nSPS) is 22.6. The summed E-state index contributed by atoms with van der Waals surface area (Å²) < 4.78 is 8.67. The van der Waals surface area contributed by atoms with Crippen LogP contribution in [-0.2, 0) is 21.4 Å². The van der Waals surface area contributed by atoms with Crippen molar-refractivity contribution in [3.05, 3.63) is 34.2 Å². The number of imide groups is 1. The molecule has 1 N–H and O–H groups in total. The Hall–Kier alpha value is -3.14. The number of nitrogens with zero attached hydrogens (tertiary/aromatic N) is 4. The van der Waals surface area contributed by atoms with E-state index in [1.165, 1.54) is 10.1 Å². The van der Waals surface area contributed by atoms with E-state index >= 15 is 0 Å². The highest BCUT2D eigenvalue weighted by Gasteiger charge is 2.33. The van der Waals surface area contributed by atoms with Crippen LogP contribution in [0.2, 0.25) is 0 Å². The number of imidazole rings is 1. The molecule has 3 fully saturated rings. The van der Waals surface area contributed by atoms with Gasteiger partial charge in [0.15, 0.2) is 0 Å². The highest BCUT2D eigenvalue weighted by molar-refractivity contribution is 6.00. The minimum Gasteiger partial charge on any atom is -0.444 e. The third-order valence-corrected chi connectivity index (χ3v) is 8.27. The largest absolute Gasteiger partial charge is 0.444 e. The summed E-state index contributed by atoms with van der Waals surface area (Å²) in [6.07, 6.45) is 4.36. The molecule has 1 aromatic carbocycles. The van der Waals surface area contributed by atoms with Gasteiger partial charge in [0.25, 0.3) is 0 Å². The maximum absolute atomic E-state index is 13.1. The summed E-state index contributed by atoms with van der Waals surface area (Å²) in [5, 5.41) is 2.36. The fourth-order valence-corrected chi connectivity index (χ4v) is 6.20. The molecule has 5 rings (SSSR count). The van der Waals surface area contributed by atoms with E-state index in [9.17, 15) is 19.2 Å². The van der Waals surface area contributed by atoms with E-state index in [2.05, 4.69) is 22.3 Å². The molecule has 3 aliphatic heterocycles. The van der Waals surface area contributed by atoms with Gasteiger partial charge >= 0.3 is 11.8 Å². The molecule has 0 radical (unpaired) electrons. The lowest BCUT2D eigenvalue weighted by Crippen LogP contribution is -2.49. The van der Waals surface area contributed by atoms with E-state index in [4.69, 9.17) is 4.74 Å². The van der Waals surface area contributed by atoms with Crippen LogP contribution < -0.4 is 11.0 Å². The number of hydrogen-bond acceptors (Lipinski definition) is 6. The molecule has 0 aliphatic carbocycles. The lowest BCUT2D eigenvalue weighted by molar-refractivity contribution is -0.135. The molecule has 38 heavy (non-hydrogen) atoms.